The van der Waals surface area contributed by atoms with Gasteiger partial charge in [-0.05, 0) is 11.3 Å². The lowest BCUT2D eigenvalue weighted by molar-refractivity contribution is 0.269. The minimum Gasteiger partial charge on any atom is -0.361 e. The monoisotopic (exact) mass is 257 g/mol. The van der Waals surface area contributed by atoms with Gasteiger partial charge in [-0.25, -0.2) is 4.98 Å². The minimum absolute atomic E-state index is 0.185. The molecule has 1 heterocycles. The molecule has 0 aliphatic carbocycles. The van der Waals surface area contributed by atoms with Gasteiger partial charge in [0.15, 0.2) is 10.3 Å². The topological polar surface area (TPSA) is 48.7 Å². The molecule has 0 spiro atoms. The van der Waals surface area contributed by atoms with Gasteiger partial charge in [0.1, 0.15) is 10.9 Å². The summed E-state index contributed by atoms with van der Waals surface area (Å²) in [6.45, 7) is 9.60. The molecule has 1 rings (SSSR count). The van der Waals surface area contributed by atoms with Crippen LogP contribution >= 0.6 is 22.9 Å². The Bertz CT molecular complexity index is 404. The predicted octanol–water partition coefficient (Wildman–Crippen LogP) is 3.76. The second kappa shape index (κ2) is 5.03. The summed E-state index contributed by atoms with van der Waals surface area (Å²) in [5, 5.41) is 13.0. The van der Waals surface area contributed by atoms with Crippen molar-refractivity contribution in [3.8, 4) is 6.07 Å². The van der Waals surface area contributed by atoms with Crippen molar-refractivity contribution in [2.45, 2.75) is 27.7 Å². The summed E-state index contributed by atoms with van der Waals surface area (Å²) < 4.78 is 0. The number of thiazole rings is 1. The summed E-state index contributed by atoms with van der Waals surface area (Å²) in [5.74, 6) is 0.575. The van der Waals surface area contributed by atoms with E-state index in [1.807, 2.05) is 6.07 Å². The Labute approximate surface area is 105 Å². The van der Waals surface area contributed by atoms with Gasteiger partial charge in [0.25, 0.3) is 0 Å². The fourth-order valence-corrected chi connectivity index (χ4v) is 1.90. The molecule has 0 aliphatic heterocycles. The Morgan fingerprint density at radius 2 is 2.19 bits per heavy atom. The molecule has 0 unspecified atom stereocenters. The normalized spacial score (nSPS) is 11.6. The molecule has 0 bridgehead atoms. The molecular weight excluding hydrogens is 242 g/mol. The maximum absolute atomic E-state index is 8.76. The Balaban J connectivity index is 2.66. The standard InChI is InChI=1S/C11H16ClN3S/c1-7(2)11(3,4)6-14-10-15-9(12)8(5-13)16-10/h7H,6H2,1-4H3,(H,14,15). The fraction of sp³-hybridized carbons (Fsp3) is 0.636. The van der Waals surface area contributed by atoms with Crippen LogP contribution in [0, 0.1) is 22.7 Å². The van der Waals surface area contributed by atoms with Crippen molar-refractivity contribution in [1.29, 1.82) is 5.26 Å². The first-order chi connectivity index (χ1) is 7.36. The number of halogens is 1. The number of nitriles is 1. The number of anilines is 1. The van der Waals surface area contributed by atoms with Crippen LogP contribution in [0.1, 0.15) is 32.6 Å². The second-order valence-corrected chi connectivity index (χ2v) is 6.10. The highest BCUT2D eigenvalue weighted by molar-refractivity contribution is 7.16. The van der Waals surface area contributed by atoms with Gasteiger partial charge in [-0.15, -0.1) is 0 Å². The molecule has 1 N–H and O–H groups in total. The zero-order chi connectivity index (χ0) is 12.3. The Hall–Kier alpha value is -0.790. The van der Waals surface area contributed by atoms with Gasteiger partial charge in [-0.2, -0.15) is 5.26 Å². The van der Waals surface area contributed by atoms with Crippen molar-refractivity contribution < 1.29 is 0 Å². The molecule has 0 aliphatic rings. The number of hydrogen-bond donors (Lipinski definition) is 1. The molecule has 16 heavy (non-hydrogen) atoms. The number of nitrogens with zero attached hydrogens (tertiary/aromatic N) is 2. The Kier molecular flexibility index (Phi) is 4.17. The van der Waals surface area contributed by atoms with E-state index in [0.29, 0.717) is 10.8 Å². The molecule has 0 saturated heterocycles. The van der Waals surface area contributed by atoms with Crippen LogP contribution in [0.2, 0.25) is 5.15 Å². The predicted molar refractivity (Wildman–Crippen MR) is 68.9 cm³/mol. The molecule has 0 saturated carbocycles. The van der Waals surface area contributed by atoms with E-state index >= 15 is 0 Å². The Morgan fingerprint density at radius 3 is 2.62 bits per heavy atom. The average molecular weight is 258 g/mol. The zero-order valence-corrected chi connectivity index (χ0v) is 11.5. The number of rotatable bonds is 4. The van der Waals surface area contributed by atoms with Crippen molar-refractivity contribution in [1.82, 2.24) is 4.98 Å². The quantitative estimate of drug-likeness (QED) is 0.893. The van der Waals surface area contributed by atoms with Crippen LogP contribution in [0.3, 0.4) is 0 Å². The van der Waals surface area contributed by atoms with Gasteiger partial charge in [-0.3, -0.25) is 0 Å². The third-order valence-corrected chi connectivity index (χ3v) is 4.25. The number of nitrogens with one attached hydrogen (secondary N) is 1. The summed E-state index contributed by atoms with van der Waals surface area (Å²) in [5.41, 5.74) is 0.185. The van der Waals surface area contributed by atoms with Crippen LogP contribution in [-0.2, 0) is 0 Å². The van der Waals surface area contributed by atoms with Crippen LogP contribution in [0.4, 0.5) is 5.13 Å². The van der Waals surface area contributed by atoms with E-state index in [1.54, 1.807) is 0 Å². The van der Waals surface area contributed by atoms with Crippen molar-refractivity contribution in [3.05, 3.63) is 10.0 Å². The van der Waals surface area contributed by atoms with Gasteiger partial charge < -0.3 is 5.32 Å². The fourth-order valence-electron chi connectivity index (χ4n) is 0.954. The molecule has 0 aromatic carbocycles. The van der Waals surface area contributed by atoms with Gasteiger partial charge in [0.05, 0.1) is 0 Å². The van der Waals surface area contributed by atoms with Crippen LogP contribution in [0.25, 0.3) is 0 Å². The Morgan fingerprint density at radius 1 is 1.56 bits per heavy atom. The molecule has 1 aromatic rings. The van der Waals surface area contributed by atoms with E-state index in [2.05, 4.69) is 38.0 Å². The van der Waals surface area contributed by atoms with Gasteiger partial charge >= 0.3 is 0 Å². The summed E-state index contributed by atoms with van der Waals surface area (Å²) >= 11 is 7.09. The van der Waals surface area contributed by atoms with Gasteiger partial charge in [0, 0.05) is 6.54 Å². The lowest BCUT2D eigenvalue weighted by Gasteiger charge is -2.29. The van der Waals surface area contributed by atoms with Crippen LogP contribution < -0.4 is 5.32 Å². The maximum atomic E-state index is 8.76. The van der Waals surface area contributed by atoms with E-state index in [0.717, 1.165) is 11.7 Å². The van der Waals surface area contributed by atoms with Gasteiger partial charge in [0.2, 0.25) is 0 Å². The number of hydrogen-bond acceptors (Lipinski definition) is 4. The van der Waals surface area contributed by atoms with Crippen molar-refractivity contribution in [3.63, 3.8) is 0 Å². The SMILES string of the molecule is CC(C)C(C)(C)CNc1nc(Cl)c(C#N)s1. The first kappa shape index (κ1) is 13.3. The third-order valence-electron chi connectivity index (χ3n) is 2.95. The van der Waals surface area contributed by atoms with Crippen molar-refractivity contribution in [2.75, 3.05) is 11.9 Å². The molecule has 0 amide bonds. The maximum Gasteiger partial charge on any atom is 0.185 e. The third kappa shape index (κ3) is 3.10. The largest absolute Gasteiger partial charge is 0.361 e. The van der Waals surface area contributed by atoms with E-state index in [4.69, 9.17) is 16.9 Å². The smallest absolute Gasteiger partial charge is 0.185 e. The molecule has 0 radical (unpaired) electrons. The molecule has 5 heteroatoms. The van der Waals surface area contributed by atoms with E-state index in [1.165, 1.54) is 11.3 Å². The van der Waals surface area contributed by atoms with Crippen LogP contribution in [-0.4, -0.2) is 11.5 Å². The molecule has 1 aromatic heterocycles. The summed E-state index contributed by atoms with van der Waals surface area (Å²) in [4.78, 5) is 4.56. The highest BCUT2D eigenvalue weighted by atomic mass is 35.5. The van der Waals surface area contributed by atoms with Gasteiger partial charge in [-0.1, -0.05) is 50.6 Å². The lowest BCUT2D eigenvalue weighted by Crippen LogP contribution is -2.28. The van der Waals surface area contributed by atoms with Crippen molar-refractivity contribution in [2.24, 2.45) is 11.3 Å². The highest BCUT2D eigenvalue weighted by Gasteiger charge is 2.22. The average Bonchev–Trinajstić information content (AvgIpc) is 2.56. The first-order valence-corrected chi connectivity index (χ1v) is 6.36. The van der Waals surface area contributed by atoms with E-state index < -0.39 is 0 Å². The summed E-state index contributed by atoms with van der Waals surface area (Å²) in [6.07, 6.45) is 0. The van der Waals surface area contributed by atoms with E-state index in [9.17, 15) is 0 Å². The molecular formula is C11H16ClN3S. The molecule has 3 nitrogen and oxygen atoms in total. The summed E-state index contributed by atoms with van der Waals surface area (Å²) in [6, 6.07) is 2.02. The minimum atomic E-state index is 0.185. The zero-order valence-electron chi connectivity index (χ0n) is 9.97. The van der Waals surface area contributed by atoms with Crippen molar-refractivity contribution >= 4 is 28.1 Å². The van der Waals surface area contributed by atoms with E-state index in [-0.39, 0.29) is 10.6 Å². The lowest BCUT2D eigenvalue weighted by atomic mass is 9.81. The van der Waals surface area contributed by atoms with Crippen LogP contribution in [0.5, 0.6) is 0 Å². The molecule has 0 atom stereocenters. The van der Waals surface area contributed by atoms with Crippen LogP contribution in [0.15, 0.2) is 0 Å². The first-order valence-electron chi connectivity index (χ1n) is 5.17. The number of aromatic nitrogens is 1. The summed E-state index contributed by atoms with van der Waals surface area (Å²) in [7, 11) is 0. The highest BCUT2D eigenvalue weighted by Crippen LogP contribution is 2.29. The molecule has 0 fully saturated rings. The second-order valence-electron chi connectivity index (χ2n) is 4.75. The molecule has 88 valence electrons.